The van der Waals surface area contributed by atoms with Crippen molar-refractivity contribution in [1.82, 2.24) is 4.98 Å². The number of nitrogens with one attached hydrogen (secondary N) is 2. The van der Waals surface area contributed by atoms with Gasteiger partial charge in [0.25, 0.3) is 5.56 Å². The third-order valence-corrected chi connectivity index (χ3v) is 5.98. The molecule has 10 nitrogen and oxygen atoms in total. The average molecular weight is 524 g/mol. The molecule has 3 N–H and O–H groups in total. The number of phenols is 1. The van der Waals surface area contributed by atoms with Crippen molar-refractivity contribution >= 4 is 34.3 Å². The molecule has 1 amide bonds. The predicted octanol–water partition coefficient (Wildman–Crippen LogP) is 6.04. The number of nitroso groups, excluding NO2 is 1. The van der Waals surface area contributed by atoms with E-state index in [2.05, 4.69) is 22.4 Å². The first-order valence-corrected chi connectivity index (χ1v) is 12.5. The van der Waals surface area contributed by atoms with Gasteiger partial charge in [-0.1, -0.05) is 39.0 Å². The van der Waals surface area contributed by atoms with E-state index in [4.69, 9.17) is 14.2 Å². The Kier molecular flexibility index (Phi) is 10.3. The number of hydrogen-bond donors (Lipinski definition) is 3. The molecular weight excluding hydrogens is 490 g/mol. The van der Waals surface area contributed by atoms with E-state index in [1.54, 1.807) is 30.3 Å². The maximum absolute atomic E-state index is 12.6. The number of aromatic nitrogens is 1. The van der Waals surface area contributed by atoms with Gasteiger partial charge < -0.3 is 29.6 Å². The Morgan fingerprint density at radius 2 is 1.74 bits per heavy atom. The second kappa shape index (κ2) is 13.8. The minimum Gasteiger partial charge on any atom is -0.502 e. The number of phenolic OH excluding ortho intramolecular Hbond substituents is 1. The van der Waals surface area contributed by atoms with Crippen molar-refractivity contribution < 1.29 is 24.1 Å². The molecule has 0 aliphatic heterocycles. The van der Waals surface area contributed by atoms with Crippen molar-refractivity contribution in [1.29, 1.82) is 0 Å². The molecule has 0 saturated carbocycles. The van der Waals surface area contributed by atoms with Gasteiger partial charge in [-0.2, -0.15) is 0 Å². The molecule has 0 atom stereocenters. The van der Waals surface area contributed by atoms with Gasteiger partial charge in [0.05, 0.1) is 26.3 Å². The molecule has 3 rings (SSSR count). The zero-order valence-electron chi connectivity index (χ0n) is 21.8. The molecule has 0 spiro atoms. The van der Waals surface area contributed by atoms with E-state index >= 15 is 0 Å². The Morgan fingerprint density at radius 3 is 2.39 bits per heavy atom. The topological polar surface area (TPSA) is 139 Å². The van der Waals surface area contributed by atoms with Crippen LogP contribution in [0.4, 0.5) is 11.4 Å². The van der Waals surface area contributed by atoms with Gasteiger partial charge in [-0.25, -0.2) is 0 Å². The van der Waals surface area contributed by atoms with Gasteiger partial charge in [0.2, 0.25) is 17.4 Å². The van der Waals surface area contributed by atoms with Crippen LogP contribution in [0.5, 0.6) is 23.0 Å². The lowest BCUT2D eigenvalue weighted by atomic mass is 10.1. The number of unbranched alkanes of at least 4 members (excludes halogenated alkanes) is 5. The number of nitrogens with zero attached hydrogens (tertiary/aromatic N) is 1. The lowest BCUT2D eigenvalue weighted by molar-refractivity contribution is -0.111. The van der Waals surface area contributed by atoms with Gasteiger partial charge in [0.1, 0.15) is 0 Å². The van der Waals surface area contributed by atoms with Gasteiger partial charge in [0, 0.05) is 17.1 Å². The van der Waals surface area contributed by atoms with Crippen LogP contribution in [0, 0.1) is 4.91 Å². The van der Waals surface area contributed by atoms with Gasteiger partial charge >= 0.3 is 0 Å². The highest BCUT2D eigenvalue weighted by Crippen LogP contribution is 2.37. The Hall–Kier alpha value is -4.34. The Balaban J connectivity index is 1.71. The van der Waals surface area contributed by atoms with Crippen LogP contribution in [0.1, 0.15) is 51.0 Å². The monoisotopic (exact) mass is 523 g/mol. The summed E-state index contributed by atoms with van der Waals surface area (Å²) in [5.74, 6) is -0.261. The highest BCUT2D eigenvalue weighted by atomic mass is 16.5. The second-order valence-corrected chi connectivity index (χ2v) is 8.70. The fraction of sp³-hybridized carbons (Fsp3) is 0.357. The summed E-state index contributed by atoms with van der Waals surface area (Å²) in [4.78, 5) is 39.4. The minimum atomic E-state index is -0.559. The molecule has 1 aromatic heterocycles. The zero-order chi connectivity index (χ0) is 27.5. The summed E-state index contributed by atoms with van der Waals surface area (Å²) in [5.41, 5.74) is 0.691. The van der Waals surface area contributed by atoms with Crippen LogP contribution in [-0.2, 0) is 4.79 Å². The standard InChI is InChI=1S/C28H33N3O7/c1-4-5-6-7-8-9-14-38-27-25(31-35)20-12-11-19(17-21(20)30-28(27)34)29-24(32)13-10-18-15-22(36-2)26(33)23(16-18)37-3/h10-13,15-17,33H,4-9,14H2,1-3H3,(H,29,32)(H,30,34)/b13-10+. The van der Waals surface area contributed by atoms with Gasteiger partial charge in [-0.3, -0.25) is 9.59 Å². The number of rotatable bonds is 14. The third kappa shape index (κ3) is 7.12. The van der Waals surface area contributed by atoms with Gasteiger partial charge in [-0.15, -0.1) is 4.91 Å². The normalized spacial score (nSPS) is 11.0. The van der Waals surface area contributed by atoms with E-state index in [9.17, 15) is 19.6 Å². The number of anilines is 1. The summed E-state index contributed by atoms with van der Waals surface area (Å²) in [6.07, 6.45) is 9.24. The van der Waals surface area contributed by atoms with E-state index in [1.807, 2.05) is 0 Å². The lowest BCUT2D eigenvalue weighted by Crippen LogP contribution is -2.13. The van der Waals surface area contributed by atoms with Crippen LogP contribution in [0.3, 0.4) is 0 Å². The van der Waals surface area contributed by atoms with Crippen molar-refractivity contribution in [3.8, 4) is 23.0 Å². The molecule has 10 heteroatoms. The maximum Gasteiger partial charge on any atom is 0.293 e. The fourth-order valence-electron chi connectivity index (χ4n) is 3.99. The number of methoxy groups -OCH3 is 2. The maximum atomic E-state index is 12.6. The molecule has 2 aromatic carbocycles. The molecule has 0 unspecified atom stereocenters. The van der Waals surface area contributed by atoms with E-state index in [0.717, 1.165) is 19.3 Å². The lowest BCUT2D eigenvalue weighted by Gasteiger charge is -2.10. The molecule has 0 saturated heterocycles. The smallest absolute Gasteiger partial charge is 0.293 e. The second-order valence-electron chi connectivity index (χ2n) is 8.70. The number of H-pyrrole nitrogens is 1. The van der Waals surface area contributed by atoms with E-state index in [1.165, 1.54) is 45.6 Å². The van der Waals surface area contributed by atoms with Crippen LogP contribution in [-0.4, -0.2) is 36.8 Å². The minimum absolute atomic E-state index is 0.0669. The molecule has 0 bridgehead atoms. The summed E-state index contributed by atoms with van der Waals surface area (Å²) in [7, 11) is 2.82. The summed E-state index contributed by atoms with van der Waals surface area (Å²) in [5, 5.41) is 16.2. The number of fused-ring (bicyclic) bond motifs is 1. The summed E-state index contributed by atoms with van der Waals surface area (Å²) in [6, 6.07) is 7.85. The number of pyridine rings is 1. The Bertz CT molecular complexity index is 1340. The SMILES string of the molecule is CCCCCCCCOc1c(N=O)c2ccc(NC(=O)/C=C/c3cc(OC)c(O)c(OC)c3)cc2[nH]c1=O. The van der Waals surface area contributed by atoms with Gasteiger partial charge in [0.15, 0.2) is 17.2 Å². The Morgan fingerprint density at radius 1 is 1.05 bits per heavy atom. The van der Waals surface area contributed by atoms with Crippen LogP contribution in [0.15, 0.2) is 46.4 Å². The molecule has 0 radical (unpaired) electrons. The fourth-order valence-corrected chi connectivity index (χ4v) is 3.99. The number of hydrogen-bond acceptors (Lipinski definition) is 8. The highest BCUT2D eigenvalue weighted by molar-refractivity contribution is 6.03. The Labute approximate surface area is 220 Å². The molecule has 0 aliphatic carbocycles. The van der Waals surface area contributed by atoms with Crippen LogP contribution < -0.4 is 25.1 Å². The quantitative estimate of drug-likeness (QED) is 0.133. The van der Waals surface area contributed by atoms with Crippen molar-refractivity contribution in [2.45, 2.75) is 45.4 Å². The summed E-state index contributed by atoms with van der Waals surface area (Å²) in [6.45, 7) is 2.48. The number of ether oxygens (including phenoxy) is 3. The molecular formula is C28H33N3O7. The van der Waals surface area contributed by atoms with Crippen LogP contribution >= 0.6 is 0 Å². The summed E-state index contributed by atoms with van der Waals surface area (Å²) < 4.78 is 15.9. The molecule has 1 heterocycles. The first-order chi connectivity index (χ1) is 18.4. The van der Waals surface area contributed by atoms with Gasteiger partial charge in [-0.05, 0) is 53.6 Å². The number of amides is 1. The van der Waals surface area contributed by atoms with E-state index in [-0.39, 0.29) is 28.7 Å². The molecule has 0 aliphatic rings. The molecule has 3 aromatic rings. The number of benzene rings is 2. The number of carbonyl (C=O) groups excluding carboxylic acids is 1. The van der Waals surface area contributed by atoms with Crippen LogP contribution in [0.2, 0.25) is 0 Å². The van der Waals surface area contributed by atoms with Crippen LogP contribution in [0.25, 0.3) is 17.0 Å². The van der Waals surface area contributed by atoms with Crippen molar-refractivity contribution in [2.75, 3.05) is 26.1 Å². The van der Waals surface area contributed by atoms with E-state index in [0.29, 0.717) is 28.8 Å². The van der Waals surface area contributed by atoms with E-state index < -0.39 is 11.5 Å². The third-order valence-electron chi connectivity index (χ3n) is 5.98. The molecule has 202 valence electrons. The number of aromatic amines is 1. The van der Waals surface area contributed by atoms with Crippen molar-refractivity contribution in [2.24, 2.45) is 5.18 Å². The summed E-state index contributed by atoms with van der Waals surface area (Å²) >= 11 is 0. The zero-order valence-corrected chi connectivity index (χ0v) is 21.8. The first kappa shape index (κ1) is 28.2. The average Bonchev–Trinajstić information content (AvgIpc) is 2.91. The largest absolute Gasteiger partial charge is 0.502 e. The first-order valence-electron chi connectivity index (χ1n) is 12.5. The van der Waals surface area contributed by atoms with Crippen molar-refractivity contribution in [3.63, 3.8) is 0 Å². The number of aromatic hydroxyl groups is 1. The molecule has 38 heavy (non-hydrogen) atoms. The predicted molar refractivity (Wildman–Crippen MR) is 148 cm³/mol. The number of carbonyl (C=O) groups is 1. The molecule has 0 fully saturated rings. The highest BCUT2D eigenvalue weighted by Gasteiger charge is 2.16. The van der Waals surface area contributed by atoms with Crippen molar-refractivity contribution in [3.05, 3.63) is 57.2 Å².